The number of amides is 1. The van der Waals surface area contributed by atoms with Crippen molar-refractivity contribution in [3.8, 4) is 5.75 Å². The number of nitrogens with one attached hydrogen (secondary N) is 1. The fourth-order valence-electron chi connectivity index (χ4n) is 2.27. The number of hydrogen-bond acceptors (Lipinski definition) is 5. The molecule has 1 atom stereocenters. The Bertz CT molecular complexity index is 766. The first-order valence-electron chi connectivity index (χ1n) is 9.16. The molecule has 0 saturated carbocycles. The Labute approximate surface area is 165 Å². The molecule has 0 heterocycles. The summed E-state index contributed by atoms with van der Waals surface area (Å²) in [7, 11) is 0. The molecule has 1 amide bonds. The minimum Gasteiger partial charge on any atom is -0.491 e. The van der Waals surface area contributed by atoms with E-state index in [1.54, 1.807) is 45.0 Å². The van der Waals surface area contributed by atoms with Gasteiger partial charge in [-0.15, -0.1) is 0 Å². The monoisotopic (exact) mass is 385 g/mol. The first-order chi connectivity index (χ1) is 13.2. The van der Waals surface area contributed by atoms with Crippen LogP contribution in [0.4, 0.5) is 4.79 Å². The highest BCUT2D eigenvalue weighted by Gasteiger charge is 2.18. The lowest BCUT2D eigenvalue weighted by Crippen LogP contribution is -2.40. The van der Waals surface area contributed by atoms with Gasteiger partial charge in [-0.05, 0) is 57.5 Å². The van der Waals surface area contributed by atoms with Crippen LogP contribution in [0, 0.1) is 0 Å². The highest BCUT2D eigenvalue weighted by atomic mass is 16.6. The number of hydrogen-bond donors (Lipinski definition) is 1. The van der Waals surface area contributed by atoms with E-state index in [4.69, 9.17) is 14.2 Å². The molecule has 0 fully saturated rings. The highest BCUT2D eigenvalue weighted by molar-refractivity contribution is 5.89. The van der Waals surface area contributed by atoms with Crippen molar-refractivity contribution >= 4 is 12.1 Å². The fraction of sp³-hybridized carbons (Fsp3) is 0.364. The van der Waals surface area contributed by atoms with Crippen LogP contribution in [0.3, 0.4) is 0 Å². The third-order valence-electron chi connectivity index (χ3n) is 3.57. The average Bonchev–Trinajstić information content (AvgIpc) is 2.64. The molecule has 2 aromatic carbocycles. The average molecular weight is 385 g/mol. The standard InChI is InChI=1S/C22H27NO5/c1-16(23-21(25)28-22(2,3)4)14-26-19-12-10-18(11-13-19)20(24)27-15-17-8-6-5-7-9-17/h5-13,16H,14-15H2,1-4H3,(H,23,25)/t16-/m0/s1. The Morgan fingerprint density at radius 3 is 2.25 bits per heavy atom. The summed E-state index contributed by atoms with van der Waals surface area (Å²) in [6.07, 6.45) is -0.486. The van der Waals surface area contributed by atoms with E-state index in [-0.39, 0.29) is 19.3 Å². The number of rotatable bonds is 7. The van der Waals surface area contributed by atoms with Crippen LogP contribution in [0.1, 0.15) is 43.6 Å². The lowest BCUT2D eigenvalue weighted by Gasteiger charge is -2.22. The molecule has 6 heteroatoms. The van der Waals surface area contributed by atoms with Gasteiger partial charge in [0.25, 0.3) is 0 Å². The van der Waals surface area contributed by atoms with Crippen molar-refractivity contribution in [3.05, 3.63) is 65.7 Å². The van der Waals surface area contributed by atoms with E-state index in [9.17, 15) is 9.59 Å². The zero-order valence-corrected chi connectivity index (χ0v) is 16.7. The Morgan fingerprint density at radius 1 is 1.00 bits per heavy atom. The summed E-state index contributed by atoms with van der Waals surface area (Å²) in [5.74, 6) is 0.202. The summed E-state index contributed by atoms with van der Waals surface area (Å²) < 4.78 is 16.1. The summed E-state index contributed by atoms with van der Waals surface area (Å²) in [4.78, 5) is 23.8. The Hall–Kier alpha value is -3.02. The van der Waals surface area contributed by atoms with Gasteiger partial charge in [-0.3, -0.25) is 0 Å². The molecule has 0 spiro atoms. The molecule has 28 heavy (non-hydrogen) atoms. The molecule has 6 nitrogen and oxygen atoms in total. The van der Waals surface area contributed by atoms with E-state index >= 15 is 0 Å². The Morgan fingerprint density at radius 2 is 1.64 bits per heavy atom. The van der Waals surface area contributed by atoms with Gasteiger partial charge in [-0.1, -0.05) is 30.3 Å². The number of benzene rings is 2. The largest absolute Gasteiger partial charge is 0.491 e. The second-order valence-electron chi connectivity index (χ2n) is 7.44. The van der Waals surface area contributed by atoms with Crippen molar-refractivity contribution < 1.29 is 23.8 Å². The first-order valence-corrected chi connectivity index (χ1v) is 9.16. The number of carbonyl (C=O) groups excluding carboxylic acids is 2. The minimum absolute atomic E-state index is 0.228. The molecule has 0 radical (unpaired) electrons. The van der Waals surface area contributed by atoms with Crippen molar-refractivity contribution in [1.29, 1.82) is 0 Å². The molecule has 2 rings (SSSR count). The van der Waals surface area contributed by atoms with Crippen LogP contribution in [0.25, 0.3) is 0 Å². The molecule has 0 aliphatic heterocycles. The quantitative estimate of drug-likeness (QED) is 0.718. The Kier molecular flexibility index (Phi) is 7.44. The molecule has 0 saturated heterocycles. The van der Waals surface area contributed by atoms with Crippen LogP contribution in [-0.2, 0) is 16.1 Å². The van der Waals surface area contributed by atoms with Gasteiger partial charge >= 0.3 is 12.1 Å². The topological polar surface area (TPSA) is 73.9 Å². The SMILES string of the molecule is C[C@@H](COc1ccc(C(=O)OCc2ccccc2)cc1)NC(=O)OC(C)(C)C. The molecular weight excluding hydrogens is 358 g/mol. The third kappa shape index (κ3) is 7.70. The smallest absolute Gasteiger partial charge is 0.407 e. The fourth-order valence-corrected chi connectivity index (χ4v) is 2.27. The maximum Gasteiger partial charge on any atom is 0.407 e. The summed E-state index contributed by atoms with van der Waals surface area (Å²) in [5, 5.41) is 2.71. The second kappa shape index (κ2) is 9.78. The van der Waals surface area contributed by atoms with Crippen LogP contribution in [0.15, 0.2) is 54.6 Å². The van der Waals surface area contributed by atoms with E-state index in [0.29, 0.717) is 11.3 Å². The highest BCUT2D eigenvalue weighted by Crippen LogP contribution is 2.14. The molecule has 1 N–H and O–H groups in total. The number of ether oxygens (including phenoxy) is 3. The predicted molar refractivity (Wildman–Crippen MR) is 106 cm³/mol. The van der Waals surface area contributed by atoms with Crippen LogP contribution in [-0.4, -0.2) is 30.3 Å². The van der Waals surface area contributed by atoms with Crippen molar-refractivity contribution in [2.24, 2.45) is 0 Å². The van der Waals surface area contributed by atoms with Crippen molar-refractivity contribution in [3.63, 3.8) is 0 Å². The molecule has 0 aliphatic rings. The van der Waals surface area contributed by atoms with Gasteiger partial charge in [0.2, 0.25) is 0 Å². The van der Waals surface area contributed by atoms with Crippen molar-refractivity contribution in [2.75, 3.05) is 6.61 Å². The van der Waals surface area contributed by atoms with Crippen LogP contribution in [0.2, 0.25) is 0 Å². The summed E-state index contributed by atoms with van der Waals surface area (Å²) in [6.45, 7) is 7.74. The van der Waals surface area contributed by atoms with Gasteiger partial charge in [0.05, 0.1) is 11.6 Å². The van der Waals surface area contributed by atoms with Gasteiger partial charge in [-0.2, -0.15) is 0 Å². The van der Waals surface area contributed by atoms with E-state index in [1.165, 1.54) is 0 Å². The third-order valence-corrected chi connectivity index (χ3v) is 3.57. The number of esters is 1. The number of alkyl carbamates (subject to hydrolysis) is 1. The molecule has 0 unspecified atom stereocenters. The minimum atomic E-state index is -0.546. The predicted octanol–water partition coefficient (Wildman–Crippen LogP) is 4.34. The zero-order chi connectivity index (χ0) is 20.6. The normalized spacial score (nSPS) is 12.0. The van der Waals surface area contributed by atoms with E-state index in [1.807, 2.05) is 37.3 Å². The van der Waals surface area contributed by atoms with Crippen molar-refractivity contribution in [1.82, 2.24) is 5.32 Å². The van der Waals surface area contributed by atoms with Gasteiger partial charge < -0.3 is 19.5 Å². The second-order valence-corrected chi connectivity index (χ2v) is 7.44. The van der Waals surface area contributed by atoms with E-state index in [0.717, 1.165) is 5.56 Å². The lowest BCUT2D eigenvalue weighted by atomic mass is 10.2. The molecule has 0 aliphatic carbocycles. The zero-order valence-electron chi connectivity index (χ0n) is 16.7. The lowest BCUT2D eigenvalue weighted by molar-refractivity contribution is 0.0467. The number of carbonyl (C=O) groups is 2. The van der Waals surface area contributed by atoms with Gasteiger partial charge in [0.15, 0.2) is 0 Å². The summed E-state index contributed by atoms with van der Waals surface area (Å²) in [5.41, 5.74) is 0.834. The van der Waals surface area contributed by atoms with Gasteiger partial charge in [-0.25, -0.2) is 9.59 Å². The molecule has 2 aromatic rings. The van der Waals surface area contributed by atoms with Crippen LogP contribution >= 0.6 is 0 Å². The molecular formula is C22H27NO5. The van der Waals surface area contributed by atoms with Gasteiger partial charge in [0.1, 0.15) is 24.6 Å². The summed E-state index contributed by atoms with van der Waals surface area (Å²) >= 11 is 0. The molecule has 0 bridgehead atoms. The first kappa shape index (κ1) is 21.3. The maximum absolute atomic E-state index is 12.1. The summed E-state index contributed by atoms with van der Waals surface area (Å²) in [6, 6.07) is 16.0. The van der Waals surface area contributed by atoms with Gasteiger partial charge in [0, 0.05) is 0 Å². The van der Waals surface area contributed by atoms with E-state index < -0.39 is 17.7 Å². The molecule has 150 valence electrons. The molecule has 0 aromatic heterocycles. The Balaban J connectivity index is 1.77. The maximum atomic E-state index is 12.1. The van der Waals surface area contributed by atoms with Crippen LogP contribution in [0.5, 0.6) is 5.75 Å². The van der Waals surface area contributed by atoms with Crippen LogP contribution < -0.4 is 10.1 Å². The van der Waals surface area contributed by atoms with E-state index in [2.05, 4.69) is 5.32 Å². The van der Waals surface area contributed by atoms with Crippen molar-refractivity contribution in [2.45, 2.75) is 45.9 Å².